The molecule has 0 atom stereocenters. The standard InChI is InChI=1S/C20H21N5O2/c1-13-9-14(2)25(24-13)12-15-5-3-6-16(10-15)19(26)22-17-7-4-8-18(11-17)23-20(21)27/h3-11H,12H2,1-2H3,(H,22,26)(H3,21,23,27). The lowest BCUT2D eigenvalue weighted by Gasteiger charge is -2.09. The van der Waals surface area contributed by atoms with E-state index in [-0.39, 0.29) is 5.91 Å². The molecule has 1 heterocycles. The molecular weight excluding hydrogens is 342 g/mol. The molecule has 7 nitrogen and oxygen atoms in total. The number of hydrogen-bond donors (Lipinski definition) is 3. The van der Waals surface area contributed by atoms with Crippen molar-refractivity contribution in [2.75, 3.05) is 10.6 Å². The van der Waals surface area contributed by atoms with Crippen LogP contribution >= 0.6 is 0 Å². The Hall–Kier alpha value is -3.61. The van der Waals surface area contributed by atoms with Gasteiger partial charge in [-0.25, -0.2) is 4.79 Å². The van der Waals surface area contributed by atoms with Gasteiger partial charge in [0.2, 0.25) is 0 Å². The molecule has 3 amide bonds. The molecule has 0 bridgehead atoms. The molecule has 0 radical (unpaired) electrons. The van der Waals surface area contributed by atoms with Gasteiger partial charge in [0.05, 0.1) is 12.2 Å². The molecule has 7 heteroatoms. The second-order valence-electron chi connectivity index (χ2n) is 6.31. The summed E-state index contributed by atoms with van der Waals surface area (Å²) in [5, 5.41) is 9.76. The van der Waals surface area contributed by atoms with E-state index in [4.69, 9.17) is 5.73 Å². The number of nitrogens with zero attached hydrogens (tertiary/aromatic N) is 2. The second-order valence-corrected chi connectivity index (χ2v) is 6.31. The van der Waals surface area contributed by atoms with Crippen molar-refractivity contribution < 1.29 is 9.59 Å². The van der Waals surface area contributed by atoms with Crippen LogP contribution in [0.4, 0.5) is 16.2 Å². The summed E-state index contributed by atoms with van der Waals surface area (Å²) >= 11 is 0. The third-order valence-electron chi connectivity index (χ3n) is 4.01. The molecule has 0 spiro atoms. The van der Waals surface area contributed by atoms with Crippen LogP contribution < -0.4 is 16.4 Å². The molecule has 0 fully saturated rings. The number of aryl methyl sites for hydroxylation is 2. The minimum atomic E-state index is -0.657. The van der Waals surface area contributed by atoms with E-state index in [0.717, 1.165) is 17.0 Å². The van der Waals surface area contributed by atoms with Crippen LogP contribution in [0.2, 0.25) is 0 Å². The maximum atomic E-state index is 12.6. The number of nitrogens with one attached hydrogen (secondary N) is 2. The number of aromatic nitrogens is 2. The van der Waals surface area contributed by atoms with E-state index in [2.05, 4.69) is 15.7 Å². The Morgan fingerprint density at radius 1 is 1.00 bits per heavy atom. The maximum Gasteiger partial charge on any atom is 0.316 e. The van der Waals surface area contributed by atoms with Crippen LogP contribution in [0.1, 0.15) is 27.3 Å². The first kappa shape index (κ1) is 18.2. The Morgan fingerprint density at radius 2 is 1.70 bits per heavy atom. The van der Waals surface area contributed by atoms with Gasteiger partial charge in [-0.05, 0) is 55.8 Å². The van der Waals surface area contributed by atoms with Gasteiger partial charge in [-0.1, -0.05) is 18.2 Å². The van der Waals surface area contributed by atoms with Gasteiger partial charge >= 0.3 is 6.03 Å². The van der Waals surface area contributed by atoms with Gasteiger partial charge in [0.1, 0.15) is 0 Å². The highest BCUT2D eigenvalue weighted by Crippen LogP contribution is 2.17. The highest BCUT2D eigenvalue weighted by Gasteiger charge is 2.09. The molecule has 1 aromatic heterocycles. The van der Waals surface area contributed by atoms with Crippen LogP contribution in [0, 0.1) is 13.8 Å². The first-order valence-corrected chi connectivity index (χ1v) is 8.48. The first-order valence-electron chi connectivity index (χ1n) is 8.48. The summed E-state index contributed by atoms with van der Waals surface area (Å²) in [5.41, 5.74) is 9.75. The topological polar surface area (TPSA) is 102 Å². The molecule has 3 aromatic rings. The average molecular weight is 363 g/mol. The summed E-state index contributed by atoms with van der Waals surface area (Å²) in [6.45, 7) is 4.55. The van der Waals surface area contributed by atoms with Gasteiger partial charge in [-0.15, -0.1) is 0 Å². The Morgan fingerprint density at radius 3 is 2.37 bits per heavy atom. The van der Waals surface area contributed by atoms with Crippen LogP contribution in [0.3, 0.4) is 0 Å². The second kappa shape index (κ2) is 7.74. The molecule has 0 aliphatic rings. The smallest absolute Gasteiger partial charge is 0.316 e. The Balaban J connectivity index is 1.74. The minimum absolute atomic E-state index is 0.235. The van der Waals surface area contributed by atoms with E-state index in [1.165, 1.54) is 0 Å². The van der Waals surface area contributed by atoms with Crippen molar-refractivity contribution in [2.45, 2.75) is 20.4 Å². The Labute approximate surface area is 157 Å². The van der Waals surface area contributed by atoms with Gasteiger partial charge in [-0.2, -0.15) is 5.10 Å². The van der Waals surface area contributed by atoms with Crippen molar-refractivity contribution >= 4 is 23.3 Å². The van der Waals surface area contributed by atoms with Gasteiger partial charge in [0, 0.05) is 22.6 Å². The molecule has 0 unspecified atom stereocenters. The summed E-state index contributed by atoms with van der Waals surface area (Å²) < 4.78 is 1.91. The summed E-state index contributed by atoms with van der Waals surface area (Å²) in [5.74, 6) is -0.235. The molecule has 4 N–H and O–H groups in total. The number of rotatable bonds is 5. The van der Waals surface area contributed by atoms with Gasteiger partial charge < -0.3 is 16.4 Å². The molecule has 0 saturated carbocycles. The third-order valence-corrected chi connectivity index (χ3v) is 4.01. The number of benzene rings is 2. The Kier molecular flexibility index (Phi) is 5.21. The normalized spacial score (nSPS) is 10.4. The molecule has 27 heavy (non-hydrogen) atoms. The number of anilines is 2. The average Bonchev–Trinajstić information content (AvgIpc) is 2.92. The number of amides is 3. The monoisotopic (exact) mass is 363 g/mol. The fourth-order valence-electron chi connectivity index (χ4n) is 2.84. The quantitative estimate of drug-likeness (QED) is 0.648. The lowest BCUT2D eigenvalue weighted by atomic mass is 10.1. The van der Waals surface area contributed by atoms with Crippen LogP contribution in [0.25, 0.3) is 0 Å². The molecule has 0 aliphatic carbocycles. The minimum Gasteiger partial charge on any atom is -0.351 e. The lowest BCUT2D eigenvalue weighted by Crippen LogP contribution is -2.19. The fraction of sp³-hybridized carbons (Fsp3) is 0.150. The molecule has 0 saturated heterocycles. The van der Waals surface area contributed by atoms with Crippen LogP contribution in [-0.4, -0.2) is 21.7 Å². The summed E-state index contributed by atoms with van der Waals surface area (Å²) in [7, 11) is 0. The van der Waals surface area contributed by atoms with Crippen LogP contribution in [-0.2, 0) is 6.54 Å². The molecule has 138 valence electrons. The molecule has 3 rings (SSSR count). The number of primary amides is 1. The maximum absolute atomic E-state index is 12.6. The first-order chi connectivity index (χ1) is 12.9. The van der Waals surface area contributed by atoms with E-state index in [0.29, 0.717) is 23.5 Å². The molecular formula is C20H21N5O2. The summed E-state index contributed by atoms with van der Waals surface area (Å²) in [6, 6.07) is 15.6. The van der Waals surface area contributed by atoms with Gasteiger partial charge in [-0.3, -0.25) is 9.48 Å². The largest absolute Gasteiger partial charge is 0.351 e. The van der Waals surface area contributed by atoms with E-state index in [9.17, 15) is 9.59 Å². The van der Waals surface area contributed by atoms with Gasteiger partial charge in [0.25, 0.3) is 5.91 Å². The predicted octanol–water partition coefficient (Wildman–Crippen LogP) is 3.29. The lowest BCUT2D eigenvalue weighted by molar-refractivity contribution is 0.102. The van der Waals surface area contributed by atoms with Crippen molar-refractivity contribution in [3.63, 3.8) is 0 Å². The zero-order chi connectivity index (χ0) is 19.4. The van der Waals surface area contributed by atoms with Crippen molar-refractivity contribution in [2.24, 2.45) is 5.73 Å². The number of nitrogens with two attached hydrogens (primary N) is 1. The predicted molar refractivity (Wildman–Crippen MR) is 105 cm³/mol. The highest BCUT2D eigenvalue weighted by molar-refractivity contribution is 6.04. The zero-order valence-corrected chi connectivity index (χ0v) is 15.2. The zero-order valence-electron chi connectivity index (χ0n) is 15.2. The highest BCUT2D eigenvalue weighted by atomic mass is 16.2. The van der Waals surface area contributed by atoms with Crippen molar-refractivity contribution in [3.8, 4) is 0 Å². The number of carbonyl (C=O) groups excluding carboxylic acids is 2. The Bertz CT molecular complexity index is 994. The molecule has 0 aliphatic heterocycles. The SMILES string of the molecule is Cc1cc(C)n(Cc2cccc(C(=O)Nc3cccc(NC(N)=O)c3)c2)n1. The number of urea groups is 1. The van der Waals surface area contributed by atoms with Crippen LogP contribution in [0.5, 0.6) is 0 Å². The summed E-state index contributed by atoms with van der Waals surface area (Å²) in [6.07, 6.45) is 0. The number of carbonyl (C=O) groups is 2. The van der Waals surface area contributed by atoms with Crippen molar-refractivity contribution in [1.29, 1.82) is 0 Å². The van der Waals surface area contributed by atoms with Crippen molar-refractivity contribution in [3.05, 3.63) is 77.1 Å². The number of hydrogen-bond acceptors (Lipinski definition) is 3. The van der Waals surface area contributed by atoms with E-state index in [1.807, 2.05) is 42.8 Å². The van der Waals surface area contributed by atoms with Gasteiger partial charge in [0.15, 0.2) is 0 Å². The molecule has 2 aromatic carbocycles. The fourth-order valence-corrected chi connectivity index (χ4v) is 2.84. The third kappa shape index (κ3) is 4.72. The van der Waals surface area contributed by atoms with E-state index >= 15 is 0 Å². The summed E-state index contributed by atoms with van der Waals surface area (Å²) in [4.78, 5) is 23.5. The van der Waals surface area contributed by atoms with Crippen molar-refractivity contribution in [1.82, 2.24) is 9.78 Å². The van der Waals surface area contributed by atoms with E-state index in [1.54, 1.807) is 30.3 Å². The van der Waals surface area contributed by atoms with Crippen LogP contribution in [0.15, 0.2) is 54.6 Å². The van der Waals surface area contributed by atoms with E-state index < -0.39 is 6.03 Å².